The topological polar surface area (TPSA) is 0 Å². The number of benzene rings is 2. The van der Waals surface area contributed by atoms with Gasteiger partial charge in [-0.2, -0.15) is 0 Å². The van der Waals surface area contributed by atoms with Crippen LogP contribution < -0.4 is 0 Å². The van der Waals surface area contributed by atoms with E-state index in [-0.39, 0.29) is 0 Å². The molecule has 0 atom stereocenters. The molecule has 0 unspecified atom stereocenters. The van der Waals surface area contributed by atoms with Gasteiger partial charge >= 0.3 is 0 Å². The van der Waals surface area contributed by atoms with Crippen LogP contribution in [0.15, 0.2) is 54.6 Å². The fourth-order valence-electron chi connectivity index (χ4n) is 2.47. The van der Waals surface area contributed by atoms with Crippen LogP contribution in [0.4, 0.5) is 0 Å². The van der Waals surface area contributed by atoms with Crippen LogP contribution in [0.25, 0.3) is 0 Å². The molecule has 0 spiro atoms. The van der Waals surface area contributed by atoms with Crippen LogP contribution in [0, 0.1) is 0 Å². The van der Waals surface area contributed by atoms with Crippen molar-refractivity contribution in [2.45, 2.75) is 51.9 Å². The second-order valence-corrected chi connectivity index (χ2v) is 6.27. The average Bonchev–Trinajstić information content (AvgIpc) is 2.49. The summed E-state index contributed by atoms with van der Waals surface area (Å²) >= 11 is 0. The van der Waals surface area contributed by atoms with Crippen molar-refractivity contribution < 1.29 is 0 Å². The zero-order valence-corrected chi connectivity index (χ0v) is 13.0. The van der Waals surface area contributed by atoms with E-state index in [1.807, 2.05) is 0 Å². The summed E-state index contributed by atoms with van der Waals surface area (Å²) in [7, 11) is 0. The molecule has 2 aromatic carbocycles. The molecule has 0 aliphatic rings. The smallest absolute Gasteiger partial charge is 0.0106 e. The van der Waals surface area contributed by atoms with Gasteiger partial charge in [0.1, 0.15) is 0 Å². The van der Waals surface area contributed by atoms with Crippen molar-refractivity contribution in [3.63, 3.8) is 0 Å². The minimum atomic E-state index is 0.294. The van der Waals surface area contributed by atoms with Crippen molar-refractivity contribution in [3.8, 4) is 0 Å². The van der Waals surface area contributed by atoms with E-state index in [4.69, 9.17) is 0 Å². The molecule has 0 aliphatic carbocycles. The largest absolute Gasteiger partial charge is 0.0646 e. The van der Waals surface area contributed by atoms with Gasteiger partial charge in [-0.3, -0.25) is 0 Å². The molecule has 0 aromatic heterocycles. The third kappa shape index (κ3) is 3.96. The Kier molecular flexibility index (Phi) is 5.00. The van der Waals surface area contributed by atoms with E-state index in [1.54, 1.807) is 0 Å². The molecule has 0 saturated carbocycles. The van der Waals surface area contributed by atoms with Crippen molar-refractivity contribution in [2.75, 3.05) is 0 Å². The summed E-state index contributed by atoms with van der Waals surface area (Å²) < 4.78 is 0. The molecule has 0 fully saturated rings. The molecule has 0 heterocycles. The third-order valence-corrected chi connectivity index (χ3v) is 4.39. The van der Waals surface area contributed by atoms with E-state index in [1.165, 1.54) is 42.4 Å². The fourth-order valence-corrected chi connectivity index (χ4v) is 2.47. The molecule has 0 saturated heterocycles. The fraction of sp³-hybridized carbons (Fsp3) is 0.400. The van der Waals surface area contributed by atoms with Gasteiger partial charge in [0, 0.05) is 0 Å². The first-order valence-electron chi connectivity index (χ1n) is 7.75. The molecule has 20 heavy (non-hydrogen) atoms. The lowest BCUT2D eigenvalue weighted by Crippen LogP contribution is -2.15. The Morgan fingerprint density at radius 1 is 0.750 bits per heavy atom. The van der Waals surface area contributed by atoms with Gasteiger partial charge in [0.2, 0.25) is 0 Å². The van der Waals surface area contributed by atoms with Crippen molar-refractivity contribution in [3.05, 3.63) is 71.3 Å². The van der Waals surface area contributed by atoms with Crippen molar-refractivity contribution >= 4 is 0 Å². The molecule has 2 rings (SSSR count). The number of aryl methyl sites for hydroxylation is 2. The van der Waals surface area contributed by atoms with Crippen LogP contribution in [0.3, 0.4) is 0 Å². The summed E-state index contributed by atoms with van der Waals surface area (Å²) in [6.45, 7) is 6.89. The van der Waals surface area contributed by atoms with Gasteiger partial charge in [0.25, 0.3) is 0 Å². The van der Waals surface area contributed by atoms with E-state index < -0.39 is 0 Å². The Hall–Kier alpha value is -1.56. The number of hydrogen-bond donors (Lipinski definition) is 0. The van der Waals surface area contributed by atoms with E-state index in [2.05, 4.69) is 75.4 Å². The first-order valence-corrected chi connectivity index (χ1v) is 7.75. The second kappa shape index (κ2) is 6.74. The highest BCUT2D eigenvalue weighted by molar-refractivity contribution is 5.28. The zero-order chi connectivity index (χ0) is 14.4. The molecule has 0 nitrogen and oxygen atoms in total. The molecular formula is C20H26. The molecule has 2 aromatic rings. The summed E-state index contributed by atoms with van der Waals surface area (Å²) in [4.78, 5) is 0. The van der Waals surface area contributed by atoms with Gasteiger partial charge in [-0.1, -0.05) is 75.4 Å². The summed E-state index contributed by atoms with van der Waals surface area (Å²) in [5.41, 5.74) is 4.64. The Morgan fingerprint density at radius 2 is 1.30 bits per heavy atom. The van der Waals surface area contributed by atoms with E-state index in [0.717, 1.165) is 0 Å². The highest BCUT2D eigenvalue weighted by Crippen LogP contribution is 2.26. The van der Waals surface area contributed by atoms with Gasteiger partial charge in [-0.15, -0.1) is 0 Å². The summed E-state index contributed by atoms with van der Waals surface area (Å²) in [5, 5.41) is 0. The van der Waals surface area contributed by atoms with Gasteiger partial charge in [-0.05, 0) is 47.8 Å². The molecule has 106 valence electrons. The lowest BCUT2D eigenvalue weighted by molar-refractivity contribution is 0.506. The highest BCUT2D eigenvalue weighted by atomic mass is 14.2. The average molecular weight is 266 g/mol. The quantitative estimate of drug-likeness (QED) is 0.643. The monoisotopic (exact) mass is 266 g/mol. The van der Waals surface area contributed by atoms with Gasteiger partial charge < -0.3 is 0 Å². The van der Waals surface area contributed by atoms with Crippen LogP contribution in [0.2, 0.25) is 0 Å². The lowest BCUT2D eigenvalue weighted by atomic mass is 9.82. The maximum absolute atomic E-state index is 2.32. The van der Waals surface area contributed by atoms with Crippen molar-refractivity contribution in [2.24, 2.45) is 0 Å². The van der Waals surface area contributed by atoms with Gasteiger partial charge in [0.05, 0.1) is 0 Å². The Bertz CT molecular complexity index is 505. The van der Waals surface area contributed by atoms with Crippen LogP contribution in [0.5, 0.6) is 0 Å². The van der Waals surface area contributed by atoms with Crippen molar-refractivity contribution in [1.82, 2.24) is 0 Å². The summed E-state index contributed by atoms with van der Waals surface area (Å²) in [5.74, 6) is 0. The molecule has 0 aliphatic heterocycles. The Labute approximate surface area is 123 Å². The lowest BCUT2D eigenvalue weighted by Gasteiger charge is -2.23. The molecule has 0 N–H and O–H groups in total. The Morgan fingerprint density at radius 3 is 1.85 bits per heavy atom. The number of hydrogen-bond acceptors (Lipinski definition) is 0. The molecule has 0 bridgehead atoms. The first kappa shape index (κ1) is 14.8. The predicted molar refractivity (Wildman–Crippen MR) is 88.2 cm³/mol. The van der Waals surface area contributed by atoms with Crippen LogP contribution in [-0.4, -0.2) is 0 Å². The van der Waals surface area contributed by atoms with Gasteiger partial charge in [-0.25, -0.2) is 0 Å². The van der Waals surface area contributed by atoms with Crippen LogP contribution in [-0.2, 0) is 18.3 Å². The predicted octanol–water partition coefficient (Wildman–Crippen LogP) is 5.55. The van der Waals surface area contributed by atoms with Crippen LogP contribution >= 0.6 is 0 Å². The van der Waals surface area contributed by atoms with Crippen LogP contribution in [0.1, 0.15) is 50.3 Å². The maximum Gasteiger partial charge on any atom is -0.0106 e. The minimum absolute atomic E-state index is 0.294. The van der Waals surface area contributed by atoms with Gasteiger partial charge in [0.15, 0.2) is 0 Å². The standard InChI is InChI=1S/C20H26/c1-4-20(2,3)19-15-13-18(14-16-19)12-8-11-17-9-6-5-7-10-17/h5-7,9-10,13-16H,4,8,11-12H2,1-3H3. The van der Waals surface area contributed by atoms with E-state index in [9.17, 15) is 0 Å². The summed E-state index contributed by atoms with van der Waals surface area (Å²) in [6, 6.07) is 20.0. The molecular weight excluding hydrogens is 240 g/mol. The molecule has 0 heteroatoms. The zero-order valence-electron chi connectivity index (χ0n) is 13.0. The minimum Gasteiger partial charge on any atom is -0.0646 e. The SMILES string of the molecule is CCC(C)(C)c1ccc(CCCc2ccccc2)cc1. The summed E-state index contributed by atoms with van der Waals surface area (Å²) in [6.07, 6.45) is 4.74. The second-order valence-electron chi connectivity index (χ2n) is 6.27. The Balaban J connectivity index is 1.88. The molecule has 0 amide bonds. The normalized spacial score (nSPS) is 11.6. The maximum atomic E-state index is 2.32. The third-order valence-electron chi connectivity index (χ3n) is 4.39. The van der Waals surface area contributed by atoms with E-state index in [0.29, 0.717) is 5.41 Å². The van der Waals surface area contributed by atoms with E-state index >= 15 is 0 Å². The number of rotatable bonds is 6. The molecule has 0 radical (unpaired) electrons. The first-order chi connectivity index (χ1) is 9.62. The highest BCUT2D eigenvalue weighted by Gasteiger charge is 2.17. The van der Waals surface area contributed by atoms with Crippen molar-refractivity contribution in [1.29, 1.82) is 0 Å².